The minimum absolute atomic E-state index is 0. The summed E-state index contributed by atoms with van der Waals surface area (Å²) in [5, 5.41) is 0. The van der Waals surface area contributed by atoms with E-state index in [0.717, 1.165) is 25.4 Å². The van der Waals surface area contributed by atoms with E-state index in [-0.39, 0.29) is 1.43 Å². The summed E-state index contributed by atoms with van der Waals surface area (Å²) in [7, 11) is -4.92. The topological polar surface area (TPSA) is 89.9 Å². The standard InChI is InChI=1S/C26H29NO.H2O4S/c1-3-27(4-2)19-20-28-25-17-15-24(16-18-25)26(23-13-9-6-10-14-23)21-22-11-7-5-8-12-22;1-5(2,3)4/h5-18,21H,3-4,19-20H2,1-2H3;(H2,1,2,3,4)/b26-21+;. The third-order valence-electron chi connectivity index (χ3n) is 4.93. The number of nitrogens with zero attached hydrogens (tertiary/aromatic N) is 1. The predicted molar refractivity (Wildman–Crippen MR) is 133 cm³/mol. The molecule has 1 N–H and O–H groups in total. The number of ether oxygens (including phenoxy) is 1. The Hall–Kier alpha value is -2.97. The molecule has 0 aliphatic rings. The van der Waals surface area contributed by atoms with Gasteiger partial charge in [0.1, 0.15) is 12.4 Å². The summed E-state index contributed by atoms with van der Waals surface area (Å²) in [6.45, 7) is 8.16. The van der Waals surface area contributed by atoms with E-state index in [1.165, 1.54) is 22.3 Å². The van der Waals surface area contributed by atoms with E-state index in [2.05, 4.69) is 104 Å². The Balaban J connectivity index is 0.000000873. The van der Waals surface area contributed by atoms with Gasteiger partial charge in [0.25, 0.3) is 0 Å². The molecule has 176 valence electrons. The van der Waals surface area contributed by atoms with Crippen molar-refractivity contribution in [2.45, 2.75) is 13.8 Å². The van der Waals surface area contributed by atoms with Crippen molar-refractivity contribution < 1.29 is 23.7 Å². The monoisotopic (exact) mass is 469 g/mol. The molecule has 0 saturated heterocycles. The summed E-state index contributed by atoms with van der Waals surface area (Å²) < 4.78 is 38.8. The van der Waals surface area contributed by atoms with Gasteiger partial charge in [0, 0.05) is 6.54 Å². The first kappa shape index (κ1) is 26.3. The Labute approximate surface area is 198 Å². The fourth-order valence-corrected chi connectivity index (χ4v) is 3.23. The minimum atomic E-state index is -4.92. The summed E-state index contributed by atoms with van der Waals surface area (Å²) in [5.41, 5.74) is 4.80. The molecule has 0 heterocycles. The molecule has 0 spiro atoms. The molecule has 0 saturated carbocycles. The van der Waals surface area contributed by atoms with Crippen LogP contribution in [0, 0.1) is 0 Å². The second kappa shape index (κ2) is 13.5. The van der Waals surface area contributed by atoms with Gasteiger partial charge in [-0.15, -0.1) is 0 Å². The van der Waals surface area contributed by atoms with E-state index in [0.29, 0.717) is 6.61 Å². The van der Waals surface area contributed by atoms with Crippen molar-refractivity contribution in [2.75, 3.05) is 26.2 Å². The van der Waals surface area contributed by atoms with Crippen LogP contribution < -0.4 is 4.74 Å². The van der Waals surface area contributed by atoms with Crippen molar-refractivity contribution >= 4 is 22.0 Å². The van der Waals surface area contributed by atoms with E-state index in [1.54, 1.807) is 0 Å². The van der Waals surface area contributed by atoms with Crippen molar-refractivity contribution in [3.8, 4) is 5.75 Å². The quantitative estimate of drug-likeness (QED) is 0.266. The smallest absolute Gasteiger partial charge is 0.726 e. The first-order chi connectivity index (χ1) is 15.8. The molecule has 3 aromatic rings. The normalized spacial score (nSPS) is 11.6. The molecular weight excluding hydrogens is 438 g/mol. The lowest BCUT2D eigenvalue weighted by Gasteiger charge is -2.18. The SMILES string of the molecule is CCN(CC)CCOc1ccc(/C(=C/c2ccccc2)c2ccccc2)cc1.O=S(=O)([O-])O.[H+]. The van der Waals surface area contributed by atoms with Gasteiger partial charge in [-0.25, -0.2) is 8.42 Å². The van der Waals surface area contributed by atoms with Gasteiger partial charge in [0.05, 0.1) is 0 Å². The Kier molecular flexibility index (Phi) is 10.8. The fraction of sp³-hybridized carbons (Fsp3) is 0.231. The second-order valence-corrected chi connectivity index (χ2v) is 8.02. The third-order valence-corrected chi connectivity index (χ3v) is 4.93. The number of hydrogen-bond donors (Lipinski definition) is 1. The highest BCUT2D eigenvalue weighted by Gasteiger charge is 2.06. The number of benzene rings is 3. The summed E-state index contributed by atoms with van der Waals surface area (Å²) in [6, 6.07) is 29.4. The molecule has 0 aromatic heterocycles. The van der Waals surface area contributed by atoms with Gasteiger partial charge in [-0.1, -0.05) is 86.6 Å². The molecule has 0 amide bonds. The Morgan fingerprint density at radius 1 is 0.909 bits per heavy atom. The van der Waals surface area contributed by atoms with Crippen LogP contribution in [0.4, 0.5) is 0 Å². The van der Waals surface area contributed by atoms with Crippen molar-refractivity contribution in [3.05, 3.63) is 102 Å². The van der Waals surface area contributed by atoms with Crippen molar-refractivity contribution in [1.82, 2.24) is 4.90 Å². The predicted octanol–water partition coefficient (Wildman–Crippen LogP) is 5.11. The minimum Gasteiger partial charge on any atom is -0.726 e. The summed E-state index contributed by atoms with van der Waals surface area (Å²) in [5.74, 6) is 0.919. The maximum absolute atomic E-state index is 8.63. The van der Waals surface area contributed by atoms with Crippen LogP contribution in [0.1, 0.15) is 32.0 Å². The summed E-state index contributed by atoms with van der Waals surface area (Å²) in [4.78, 5) is 2.37. The van der Waals surface area contributed by atoms with Crippen LogP contribution in [0.3, 0.4) is 0 Å². The van der Waals surface area contributed by atoms with Gasteiger partial charge in [0.15, 0.2) is 0 Å². The van der Waals surface area contributed by atoms with E-state index in [1.807, 2.05) is 6.07 Å². The number of rotatable bonds is 9. The van der Waals surface area contributed by atoms with Gasteiger partial charge in [-0.2, -0.15) is 0 Å². The Morgan fingerprint density at radius 3 is 1.91 bits per heavy atom. The van der Waals surface area contributed by atoms with Gasteiger partial charge in [-0.3, -0.25) is 4.55 Å². The first-order valence-corrected chi connectivity index (χ1v) is 12.1. The zero-order chi connectivity index (χ0) is 24.1. The van der Waals surface area contributed by atoms with Gasteiger partial charge < -0.3 is 14.2 Å². The van der Waals surface area contributed by atoms with Crippen molar-refractivity contribution in [3.63, 3.8) is 0 Å². The van der Waals surface area contributed by atoms with Crippen LogP contribution in [0.25, 0.3) is 11.6 Å². The largest absolute Gasteiger partial charge is 1.00 e. The Morgan fingerprint density at radius 2 is 1.39 bits per heavy atom. The highest BCUT2D eigenvalue weighted by molar-refractivity contribution is 7.79. The molecule has 0 bridgehead atoms. The lowest BCUT2D eigenvalue weighted by atomic mass is 9.95. The molecule has 0 fully saturated rings. The third kappa shape index (κ3) is 10.5. The molecule has 3 aromatic carbocycles. The van der Waals surface area contributed by atoms with Crippen LogP contribution in [0.15, 0.2) is 84.9 Å². The van der Waals surface area contributed by atoms with Crippen molar-refractivity contribution in [1.29, 1.82) is 0 Å². The maximum Gasteiger partial charge on any atom is 1.00 e. The molecule has 3 rings (SSSR count). The zero-order valence-corrected chi connectivity index (χ0v) is 19.7. The van der Waals surface area contributed by atoms with Gasteiger partial charge >= 0.3 is 1.43 Å². The molecule has 0 radical (unpaired) electrons. The number of likely N-dealkylation sites (N-methyl/N-ethyl adjacent to an activating group) is 1. The maximum atomic E-state index is 8.63. The average Bonchev–Trinajstić information content (AvgIpc) is 2.81. The highest BCUT2D eigenvalue weighted by atomic mass is 32.3. The van der Waals surface area contributed by atoms with Crippen LogP contribution >= 0.6 is 0 Å². The molecule has 0 atom stereocenters. The van der Waals surface area contributed by atoms with E-state index >= 15 is 0 Å². The van der Waals surface area contributed by atoms with Crippen LogP contribution in [-0.2, 0) is 10.4 Å². The number of hydrogen-bond acceptors (Lipinski definition) is 5. The highest BCUT2D eigenvalue weighted by Crippen LogP contribution is 2.27. The summed E-state index contributed by atoms with van der Waals surface area (Å²) in [6.07, 6.45) is 2.24. The fourth-order valence-electron chi connectivity index (χ4n) is 3.23. The lowest BCUT2D eigenvalue weighted by Crippen LogP contribution is -2.27. The molecule has 6 nitrogen and oxygen atoms in total. The van der Waals surface area contributed by atoms with E-state index in [9.17, 15) is 0 Å². The Bertz CT molecular complexity index is 1080. The molecule has 33 heavy (non-hydrogen) atoms. The average molecular weight is 470 g/mol. The van der Waals surface area contributed by atoms with Crippen LogP contribution in [0.5, 0.6) is 5.75 Å². The molecule has 0 unspecified atom stereocenters. The van der Waals surface area contributed by atoms with Crippen LogP contribution in [0.2, 0.25) is 0 Å². The lowest BCUT2D eigenvalue weighted by molar-refractivity contribution is 0.223. The first-order valence-electron chi connectivity index (χ1n) is 10.8. The van der Waals surface area contributed by atoms with E-state index < -0.39 is 10.4 Å². The second-order valence-electron chi connectivity index (χ2n) is 7.16. The molecule has 0 aliphatic carbocycles. The molecule has 7 heteroatoms. The van der Waals surface area contributed by atoms with Crippen molar-refractivity contribution in [2.24, 2.45) is 0 Å². The van der Waals surface area contributed by atoms with Gasteiger partial charge in [-0.05, 0) is 53.6 Å². The molecule has 0 aliphatic heterocycles. The van der Waals surface area contributed by atoms with E-state index in [4.69, 9.17) is 22.3 Å². The van der Waals surface area contributed by atoms with Gasteiger partial charge in [0.2, 0.25) is 10.4 Å². The summed E-state index contributed by atoms with van der Waals surface area (Å²) >= 11 is 0. The van der Waals surface area contributed by atoms with Crippen LogP contribution in [-0.4, -0.2) is 48.7 Å². The molecular formula is C26H31NO5S. The zero-order valence-electron chi connectivity index (χ0n) is 19.9.